The van der Waals surface area contributed by atoms with Crippen LogP contribution in [0.25, 0.3) is 11.1 Å². The van der Waals surface area contributed by atoms with Crippen LogP contribution in [0.1, 0.15) is 58.8 Å². The maximum atomic E-state index is 12.9. The van der Waals surface area contributed by atoms with Gasteiger partial charge >= 0.3 is 0 Å². The maximum absolute atomic E-state index is 12.9. The van der Waals surface area contributed by atoms with Crippen molar-refractivity contribution in [3.8, 4) is 0 Å². The highest BCUT2D eigenvalue weighted by atomic mass is 16.5. The van der Waals surface area contributed by atoms with Crippen molar-refractivity contribution in [1.82, 2.24) is 15.5 Å². The van der Waals surface area contributed by atoms with Crippen LogP contribution in [0.3, 0.4) is 0 Å². The van der Waals surface area contributed by atoms with Gasteiger partial charge in [0.2, 0.25) is 0 Å². The third-order valence-electron chi connectivity index (χ3n) is 4.22. The quantitative estimate of drug-likeness (QED) is 0.718. The molecule has 140 valence electrons. The van der Waals surface area contributed by atoms with Gasteiger partial charge in [-0.05, 0) is 50.1 Å². The predicted molar refractivity (Wildman–Crippen MR) is 103 cm³/mol. The summed E-state index contributed by atoms with van der Waals surface area (Å²) in [5.74, 6) is -0.281. The zero-order valence-corrected chi connectivity index (χ0v) is 15.8. The summed E-state index contributed by atoms with van der Waals surface area (Å²) in [4.78, 5) is 29.2. The number of fused-ring (bicyclic) bond motifs is 1. The van der Waals surface area contributed by atoms with Gasteiger partial charge in [0, 0.05) is 23.5 Å². The maximum Gasteiger partial charge on any atom is 0.259 e. The summed E-state index contributed by atoms with van der Waals surface area (Å²) in [7, 11) is 0. The Kier molecular flexibility index (Phi) is 5.21. The molecule has 7 heteroatoms. The Balaban J connectivity index is 1.90. The van der Waals surface area contributed by atoms with E-state index in [2.05, 4.69) is 20.8 Å². The molecular formula is C20H22N4O3. The van der Waals surface area contributed by atoms with E-state index in [1.54, 1.807) is 37.3 Å². The lowest BCUT2D eigenvalue weighted by Gasteiger charge is -2.10. The molecule has 0 radical (unpaired) electrons. The standard InChI is InChI=1S/C20H22N4O3/c1-5-21-18(25)13-6-8-14(9-7-13)22-19(26)15-10-16(11(2)3)23-20-17(15)12(4)24-27-20/h6-11H,5H2,1-4H3,(H,21,25)(H,22,26). The summed E-state index contributed by atoms with van der Waals surface area (Å²) in [5.41, 5.74) is 3.34. The number of hydrogen-bond acceptors (Lipinski definition) is 5. The number of nitrogens with one attached hydrogen (secondary N) is 2. The van der Waals surface area contributed by atoms with Crippen molar-refractivity contribution < 1.29 is 14.1 Å². The molecule has 7 nitrogen and oxygen atoms in total. The average molecular weight is 366 g/mol. The van der Waals surface area contributed by atoms with Crippen LogP contribution >= 0.6 is 0 Å². The topological polar surface area (TPSA) is 97.1 Å². The number of nitrogens with zero attached hydrogens (tertiary/aromatic N) is 2. The van der Waals surface area contributed by atoms with Gasteiger partial charge in [0.25, 0.3) is 17.5 Å². The van der Waals surface area contributed by atoms with Gasteiger partial charge in [0.1, 0.15) is 0 Å². The molecule has 2 N–H and O–H groups in total. The molecule has 27 heavy (non-hydrogen) atoms. The molecule has 0 fully saturated rings. The van der Waals surface area contributed by atoms with Gasteiger partial charge in [0.15, 0.2) is 0 Å². The lowest BCUT2D eigenvalue weighted by Crippen LogP contribution is -2.22. The van der Waals surface area contributed by atoms with Crippen LogP contribution in [-0.4, -0.2) is 28.5 Å². The molecule has 3 rings (SSSR count). The fraction of sp³-hybridized carbons (Fsp3) is 0.300. The lowest BCUT2D eigenvalue weighted by molar-refractivity contribution is 0.0955. The number of benzene rings is 1. The highest BCUT2D eigenvalue weighted by Crippen LogP contribution is 2.26. The number of aryl methyl sites for hydroxylation is 1. The van der Waals surface area contributed by atoms with E-state index < -0.39 is 0 Å². The first kappa shape index (κ1) is 18.6. The molecule has 2 heterocycles. The van der Waals surface area contributed by atoms with E-state index in [4.69, 9.17) is 4.52 Å². The molecule has 0 bridgehead atoms. The normalized spacial score (nSPS) is 11.0. The molecule has 0 aliphatic rings. The van der Waals surface area contributed by atoms with E-state index in [-0.39, 0.29) is 17.7 Å². The minimum atomic E-state index is -0.277. The zero-order valence-electron chi connectivity index (χ0n) is 15.8. The Morgan fingerprint density at radius 3 is 2.48 bits per heavy atom. The molecule has 2 amide bonds. The average Bonchev–Trinajstić information content (AvgIpc) is 3.02. The molecule has 3 aromatic rings. The molecular weight excluding hydrogens is 344 g/mol. The van der Waals surface area contributed by atoms with Crippen LogP contribution in [0.5, 0.6) is 0 Å². The van der Waals surface area contributed by atoms with E-state index in [0.29, 0.717) is 40.2 Å². The Hall–Kier alpha value is -3.22. The van der Waals surface area contributed by atoms with Gasteiger partial charge in [0.05, 0.1) is 16.6 Å². The summed E-state index contributed by atoms with van der Waals surface area (Å²) in [6, 6.07) is 8.52. The van der Waals surface area contributed by atoms with Crippen molar-refractivity contribution in [1.29, 1.82) is 0 Å². The van der Waals surface area contributed by atoms with Crippen LogP contribution in [-0.2, 0) is 0 Å². The largest absolute Gasteiger partial charge is 0.352 e. The fourth-order valence-electron chi connectivity index (χ4n) is 2.75. The molecule has 0 saturated heterocycles. The van der Waals surface area contributed by atoms with Gasteiger partial charge in [-0.15, -0.1) is 0 Å². The number of anilines is 1. The fourth-order valence-corrected chi connectivity index (χ4v) is 2.75. The number of carbonyl (C=O) groups excluding carboxylic acids is 2. The molecule has 0 aliphatic heterocycles. The Labute approximate surface area is 157 Å². The van der Waals surface area contributed by atoms with E-state index in [1.807, 2.05) is 20.8 Å². The first-order chi connectivity index (χ1) is 12.9. The summed E-state index contributed by atoms with van der Waals surface area (Å²) in [5, 5.41) is 10.1. The minimum absolute atomic E-state index is 0.141. The summed E-state index contributed by atoms with van der Waals surface area (Å²) < 4.78 is 5.26. The van der Waals surface area contributed by atoms with Crippen molar-refractivity contribution in [2.24, 2.45) is 0 Å². The number of pyridine rings is 1. The first-order valence-electron chi connectivity index (χ1n) is 8.87. The first-order valence-corrected chi connectivity index (χ1v) is 8.87. The van der Waals surface area contributed by atoms with E-state index >= 15 is 0 Å². The summed E-state index contributed by atoms with van der Waals surface area (Å²) in [6.45, 7) is 8.20. The Morgan fingerprint density at radius 1 is 1.15 bits per heavy atom. The molecule has 0 atom stereocenters. The molecule has 1 aromatic carbocycles. The minimum Gasteiger partial charge on any atom is -0.352 e. The third-order valence-corrected chi connectivity index (χ3v) is 4.22. The van der Waals surface area contributed by atoms with Gasteiger partial charge in [-0.1, -0.05) is 19.0 Å². The highest BCUT2D eigenvalue weighted by molar-refractivity contribution is 6.12. The van der Waals surface area contributed by atoms with Crippen LogP contribution in [0.2, 0.25) is 0 Å². The van der Waals surface area contributed by atoms with Crippen molar-refractivity contribution >= 4 is 28.6 Å². The van der Waals surface area contributed by atoms with Crippen molar-refractivity contribution in [3.05, 3.63) is 52.8 Å². The van der Waals surface area contributed by atoms with Crippen molar-refractivity contribution in [2.45, 2.75) is 33.6 Å². The van der Waals surface area contributed by atoms with Gasteiger partial charge in [-0.25, -0.2) is 4.98 Å². The number of hydrogen-bond donors (Lipinski definition) is 2. The van der Waals surface area contributed by atoms with Crippen LogP contribution in [0, 0.1) is 6.92 Å². The SMILES string of the molecule is CCNC(=O)c1ccc(NC(=O)c2cc(C(C)C)nc3onc(C)c23)cc1. The molecule has 2 aromatic heterocycles. The molecule has 0 unspecified atom stereocenters. The molecule has 0 aliphatic carbocycles. The number of rotatable bonds is 5. The zero-order chi connectivity index (χ0) is 19.6. The Bertz CT molecular complexity index is 990. The molecule has 0 saturated carbocycles. The third kappa shape index (κ3) is 3.81. The number of carbonyl (C=O) groups is 2. The highest BCUT2D eigenvalue weighted by Gasteiger charge is 2.20. The van der Waals surface area contributed by atoms with Crippen molar-refractivity contribution in [2.75, 3.05) is 11.9 Å². The van der Waals surface area contributed by atoms with Crippen LogP contribution in [0.15, 0.2) is 34.9 Å². The van der Waals surface area contributed by atoms with Gasteiger partial charge in [-0.2, -0.15) is 0 Å². The summed E-state index contributed by atoms with van der Waals surface area (Å²) in [6.07, 6.45) is 0. The Morgan fingerprint density at radius 2 is 1.85 bits per heavy atom. The van der Waals surface area contributed by atoms with Gasteiger partial charge in [-0.3, -0.25) is 9.59 Å². The van der Waals surface area contributed by atoms with Crippen LogP contribution in [0.4, 0.5) is 5.69 Å². The second-order valence-electron chi connectivity index (χ2n) is 6.59. The predicted octanol–water partition coefficient (Wildman–Crippen LogP) is 3.66. The second-order valence-corrected chi connectivity index (χ2v) is 6.59. The lowest BCUT2D eigenvalue weighted by atomic mass is 10.0. The molecule has 0 spiro atoms. The van der Waals surface area contributed by atoms with E-state index in [1.165, 1.54) is 0 Å². The van der Waals surface area contributed by atoms with E-state index in [9.17, 15) is 9.59 Å². The number of amides is 2. The number of aromatic nitrogens is 2. The second kappa shape index (κ2) is 7.57. The van der Waals surface area contributed by atoms with Gasteiger partial charge < -0.3 is 15.2 Å². The smallest absolute Gasteiger partial charge is 0.259 e. The summed E-state index contributed by atoms with van der Waals surface area (Å²) >= 11 is 0. The van der Waals surface area contributed by atoms with E-state index in [0.717, 1.165) is 5.69 Å². The van der Waals surface area contributed by atoms with Crippen molar-refractivity contribution in [3.63, 3.8) is 0 Å². The van der Waals surface area contributed by atoms with Crippen LogP contribution < -0.4 is 10.6 Å². The monoisotopic (exact) mass is 366 g/mol.